The minimum atomic E-state index is -0.0388. The van der Waals surface area contributed by atoms with Crippen LogP contribution in [0.15, 0.2) is 17.1 Å². The number of rotatable bonds is 1. The van der Waals surface area contributed by atoms with Gasteiger partial charge in [0, 0.05) is 18.6 Å². The van der Waals surface area contributed by atoms with E-state index in [9.17, 15) is 0 Å². The molecule has 0 spiro atoms. The summed E-state index contributed by atoms with van der Waals surface area (Å²) in [6, 6.07) is 3.66. The summed E-state index contributed by atoms with van der Waals surface area (Å²) in [6.45, 7) is 1.29. The number of aromatic nitrogens is 2. The van der Waals surface area contributed by atoms with Crippen molar-refractivity contribution < 1.29 is 9.47 Å². The second-order valence-electron chi connectivity index (χ2n) is 3.96. The Morgan fingerprint density at radius 1 is 1.22 bits per heavy atom. The third-order valence-corrected chi connectivity index (χ3v) is 2.57. The molecule has 0 saturated heterocycles. The van der Waals surface area contributed by atoms with Crippen molar-refractivity contribution in [1.29, 1.82) is 0 Å². The number of hydrogen-bond donors (Lipinski definition) is 3. The molecule has 1 aliphatic heterocycles. The molecule has 2 heterocycles. The van der Waals surface area contributed by atoms with Crippen LogP contribution in [0.2, 0.25) is 0 Å². The van der Waals surface area contributed by atoms with Crippen molar-refractivity contribution in [1.82, 2.24) is 9.97 Å². The lowest BCUT2D eigenvalue weighted by Gasteiger charge is -2.05. The molecule has 0 bridgehead atoms. The summed E-state index contributed by atoms with van der Waals surface area (Å²) in [5.41, 5.74) is 12.2. The van der Waals surface area contributed by atoms with Crippen LogP contribution in [-0.4, -0.2) is 29.1 Å². The van der Waals surface area contributed by atoms with Gasteiger partial charge in [-0.05, 0) is 0 Å². The summed E-state index contributed by atoms with van der Waals surface area (Å²) >= 11 is 0. The molecule has 3 rings (SSSR count). The maximum atomic E-state index is 5.59. The number of nitrogens with zero attached hydrogens (tertiary/aromatic N) is 2. The fraction of sp³-hybridized carbons (Fsp3) is 0.273. The molecule has 94 valence electrons. The average Bonchev–Trinajstić information content (AvgIpc) is 2.54. The number of aromatic amines is 1. The first kappa shape index (κ1) is 10.7. The van der Waals surface area contributed by atoms with Crippen LogP contribution in [0, 0.1) is 0 Å². The Balaban J connectivity index is 2.09. The van der Waals surface area contributed by atoms with Gasteiger partial charge in [-0.2, -0.15) is 4.99 Å². The van der Waals surface area contributed by atoms with Gasteiger partial charge in [-0.1, -0.05) is 0 Å². The first-order valence-electron chi connectivity index (χ1n) is 5.61. The molecule has 0 aliphatic carbocycles. The minimum absolute atomic E-state index is 0.0388. The Hall–Kier alpha value is -2.44. The van der Waals surface area contributed by atoms with Crippen LogP contribution in [0.1, 0.15) is 6.42 Å². The second-order valence-corrected chi connectivity index (χ2v) is 3.96. The zero-order valence-electron chi connectivity index (χ0n) is 9.64. The van der Waals surface area contributed by atoms with Gasteiger partial charge in [0.1, 0.15) is 0 Å². The zero-order chi connectivity index (χ0) is 12.5. The number of nitrogens with two attached hydrogens (primary N) is 2. The topological polar surface area (TPSA) is 112 Å². The third kappa shape index (κ3) is 1.90. The van der Waals surface area contributed by atoms with Crippen LogP contribution in [0.3, 0.4) is 0 Å². The average molecular weight is 247 g/mol. The van der Waals surface area contributed by atoms with E-state index in [0.29, 0.717) is 30.7 Å². The highest BCUT2D eigenvalue weighted by Crippen LogP contribution is 2.34. The number of imidazole rings is 1. The van der Waals surface area contributed by atoms with E-state index in [2.05, 4.69) is 15.0 Å². The van der Waals surface area contributed by atoms with E-state index >= 15 is 0 Å². The van der Waals surface area contributed by atoms with Crippen LogP contribution in [0.25, 0.3) is 11.0 Å². The van der Waals surface area contributed by atoms with Crippen LogP contribution in [0.4, 0.5) is 5.95 Å². The monoisotopic (exact) mass is 247 g/mol. The lowest BCUT2D eigenvalue weighted by Crippen LogP contribution is -2.22. The number of benzene rings is 1. The third-order valence-electron chi connectivity index (χ3n) is 2.57. The molecule has 1 aliphatic rings. The maximum Gasteiger partial charge on any atom is 0.231 e. The molecule has 0 atom stereocenters. The maximum absolute atomic E-state index is 5.59. The number of guanidine groups is 1. The molecule has 1 aromatic carbocycles. The normalized spacial score (nSPS) is 14.2. The molecule has 0 saturated carbocycles. The van der Waals surface area contributed by atoms with Gasteiger partial charge in [0.15, 0.2) is 17.5 Å². The molecule has 0 radical (unpaired) electrons. The molecule has 0 unspecified atom stereocenters. The van der Waals surface area contributed by atoms with Crippen LogP contribution in [0.5, 0.6) is 11.5 Å². The predicted molar refractivity (Wildman–Crippen MR) is 67.2 cm³/mol. The summed E-state index contributed by atoms with van der Waals surface area (Å²) in [5, 5.41) is 0. The highest BCUT2D eigenvalue weighted by Gasteiger charge is 2.13. The molecule has 18 heavy (non-hydrogen) atoms. The highest BCUT2D eigenvalue weighted by atomic mass is 16.5. The van der Waals surface area contributed by atoms with E-state index in [0.717, 1.165) is 17.5 Å². The first-order valence-corrected chi connectivity index (χ1v) is 5.61. The number of hydrogen-bond acceptors (Lipinski definition) is 4. The number of H-pyrrole nitrogens is 1. The summed E-state index contributed by atoms with van der Waals surface area (Å²) in [7, 11) is 0. The lowest BCUT2D eigenvalue weighted by molar-refractivity contribution is 0.297. The van der Waals surface area contributed by atoms with Gasteiger partial charge in [-0.15, -0.1) is 0 Å². The van der Waals surface area contributed by atoms with Gasteiger partial charge >= 0.3 is 0 Å². The van der Waals surface area contributed by atoms with E-state index in [-0.39, 0.29) is 5.96 Å². The van der Waals surface area contributed by atoms with Crippen molar-refractivity contribution >= 4 is 22.9 Å². The SMILES string of the molecule is NC(N)=Nc1nc2cc3c(cc2[nH]1)OCCCO3. The van der Waals surface area contributed by atoms with Crippen molar-refractivity contribution in [2.24, 2.45) is 16.5 Å². The van der Waals surface area contributed by atoms with Gasteiger partial charge in [0.25, 0.3) is 0 Å². The molecule has 7 heteroatoms. The van der Waals surface area contributed by atoms with Gasteiger partial charge in [-0.25, -0.2) is 4.98 Å². The fourth-order valence-corrected chi connectivity index (χ4v) is 1.83. The Bertz CT molecular complexity index is 572. The molecule has 5 N–H and O–H groups in total. The molecular formula is C11H13N5O2. The summed E-state index contributed by atoms with van der Waals surface area (Å²) in [5.74, 6) is 1.73. The molecular weight excluding hydrogens is 234 g/mol. The van der Waals surface area contributed by atoms with Crippen molar-refractivity contribution in [2.75, 3.05) is 13.2 Å². The van der Waals surface area contributed by atoms with Gasteiger partial charge in [-0.3, -0.25) is 0 Å². The van der Waals surface area contributed by atoms with Crippen LogP contribution < -0.4 is 20.9 Å². The van der Waals surface area contributed by atoms with Crippen molar-refractivity contribution in [3.63, 3.8) is 0 Å². The Morgan fingerprint density at radius 3 is 2.67 bits per heavy atom. The van der Waals surface area contributed by atoms with Crippen molar-refractivity contribution in [2.45, 2.75) is 6.42 Å². The number of fused-ring (bicyclic) bond motifs is 2. The number of aliphatic imine (C=N–C) groups is 1. The fourth-order valence-electron chi connectivity index (χ4n) is 1.83. The standard InChI is InChI=1S/C11H13N5O2/c12-10(13)16-11-14-6-4-8-9(5-7(6)15-11)18-3-1-2-17-8/h4-5H,1-3H2,(H5,12,13,14,15,16). The number of ether oxygens (including phenoxy) is 2. The van der Waals surface area contributed by atoms with Crippen LogP contribution >= 0.6 is 0 Å². The Morgan fingerprint density at radius 2 is 1.94 bits per heavy atom. The van der Waals surface area contributed by atoms with E-state index in [1.54, 1.807) is 0 Å². The zero-order valence-corrected chi connectivity index (χ0v) is 9.64. The molecule has 0 amide bonds. The number of nitrogens with one attached hydrogen (secondary N) is 1. The smallest absolute Gasteiger partial charge is 0.231 e. The molecule has 1 aromatic heterocycles. The minimum Gasteiger partial charge on any atom is -0.489 e. The van der Waals surface area contributed by atoms with Gasteiger partial charge < -0.3 is 25.9 Å². The Kier molecular flexibility index (Phi) is 2.44. The van der Waals surface area contributed by atoms with E-state index in [4.69, 9.17) is 20.9 Å². The van der Waals surface area contributed by atoms with E-state index < -0.39 is 0 Å². The second kappa shape index (κ2) is 4.10. The van der Waals surface area contributed by atoms with Crippen molar-refractivity contribution in [3.05, 3.63) is 12.1 Å². The quantitative estimate of drug-likeness (QED) is 0.505. The largest absolute Gasteiger partial charge is 0.489 e. The predicted octanol–water partition coefficient (Wildman–Crippen LogP) is 0.629. The highest BCUT2D eigenvalue weighted by molar-refractivity contribution is 5.83. The molecule has 2 aromatic rings. The lowest BCUT2D eigenvalue weighted by atomic mass is 10.3. The van der Waals surface area contributed by atoms with E-state index in [1.807, 2.05) is 12.1 Å². The van der Waals surface area contributed by atoms with Crippen molar-refractivity contribution in [3.8, 4) is 11.5 Å². The summed E-state index contributed by atoms with van der Waals surface area (Å²) < 4.78 is 11.2. The first-order chi connectivity index (χ1) is 8.72. The van der Waals surface area contributed by atoms with Gasteiger partial charge in [0.05, 0.1) is 24.2 Å². The molecule has 0 fully saturated rings. The Labute approximate surface area is 103 Å². The van der Waals surface area contributed by atoms with Gasteiger partial charge in [0.2, 0.25) is 5.95 Å². The summed E-state index contributed by atoms with van der Waals surface area (Å²) in [6.07, 6.45) is 0.870. The van der Waals surface area contributed by atoms with E-state index in [1.165, 1.54) is 0 Å². The molecule has 7 nitrogen and oxygen atoms in total. The summed E-state index contributed by atoms with van der Waals surface area (Å²) in [4.78, 5) is 11.1. The van der Waals surface area contributed by atoms with Crippen LogP contribution in [-0.2, 0) is 0 Å².